The lowest BCUT2D eigenvalue weighted by Gasteiger charge is -2.32. The highest BCUT2D eigenvalue weighted by molar-refractivity contribution is 5.76. The van der Waals surface area contributed by atoms with Gasteiger partial charge in [-0.15, -0.1) is 0 Å². The first kappa shape index (κ1) is 16.8. The predicted molar refractivity (Wildman–Crippen MR) is 89.0 cm³/mol. The largest absolute Gasteiger partial charge is 0.490 e. The summed E-state index contributed by atoms with van der Waals surface area (Å²) >= 11 is 0. The van der Waals surface area contributed by atoms with Crippen LogP contribution in [0.4, 0.5) is 0 Å². The van der Waals surface area contributed by atoms with E-state index in [1.807, 2.05) is 11.8 Å². The van der Waals surface area contributed by atoms with E-state index in [1.165, 1.54) is 11.1 Å². The number of ether oxygens (including phenoxy) is 1. The Morgan fingerprint density at radius 3 is 2.68 bits per heavy atom. The van der Waals surface area contributed by atoms with E-state index in [1.54, 1.807) is 0 Å². The SMILES string of the molecule is Cc1ccc(C)c(OC2CCN(C(=O)CCC(C)N)CC2)c1. The average Bonchev–Trinajstić information content (AvgIpc) is 2.49. The number of carbonyl (C=O) groups excluding carboxylic acids is 1. The molecule has 1 saturated heterocycles. The molecule has 22 heavy (non-hydrogen) atoms. The molecule has 2 N–H and O–H groups in total. The molecule has 4 heteroatoms. The van der Waals surface area contributed by atoms with Gasteiger partial charge in [0, 0.05) is 38.4 Å². The third-order valence-electron chi connectivity index (χ3n) is 4.25. The molecule has 0 radical (unpaired) electrons. The first-order chi connectivity index (χ1) is 10.5. The predicted octanol–water partition coefficient (Wildman–Crippen LogP) is 2.80. The highest BCUT2D eigenvalue weighted by Crippen LogP contribution is 2.24. The molecule has 1 aromatic carbocycles. The molecule has 1 aliphatic heterocycles. The zero-order valence-corrected chi connectivity index (χ0v) is 14.0. The van der Waals surface area contributed by atoms with Gasteiger partial charge in [0.1, 0.15) is 11.9 Å². The highest BCUT2D eigenvalue weighted by atomic mass is 16.5. The molecule has 0 spiro atoms. The van der Waals surface area contributed by atoms with Crippen molar-refractivity contribution >= 4 is 5.91 Å². The number of hydrogen-bond acceptors (Lipinski definition) is 3. The first-order valence-corrected chi connectivity index (χ1v) is 8.23. The van der Waals surface area contributed by atoms with Gasteiger partial charge < -0.3 is 15.4 Å². The minimum atomic E-state index is 0.0918. The van der Waals surface area contributed by atoms with E-state index in [4.69, 9.17) is 10.5 Å². The van der Waals surface area contributed by atoms with Gasteiger partial charge in [-0.05, 0) is 44.4 Å². The number of carbonyl (C=O) groups is 1. The topological polar surface area (TPSA) is 55.6 Å². The van der Waals surface area contributed by atoms with Gasteiger partial charge in [-0.2, -0.15) is 0 Å². The molecule has 1 aromatic rings. The molecule has 1 heterocycles. The van der Waals surface area contributed by atoms with Crippen molar-refractivity contribution in [3.8, 4) is 5.75 Å². The van der Waals surface area contributed by atoms with Crippen LogP contribution in [-0.2, 0) is 4.79 Å². The smallest absolute Gasteiger partial charge is 0.222 e. The Hall–Kier alpha value is -1.55. The summed E-state index contributed by atoms with van der Waals surface area (Å²) in [5.41, 5.74) is 8.09. The number of nitrogens with two attached hydrogens (primary N) is 1. The van der Waals surface area contributed by atoms with Crippen molar-refractivity contribution in [2.24, 2.45) is 5.73 Å². The lowest BCUT2D eigenvalue weighted by Crippen LogP contribution is -2.42. The Labute approximate surface area is 133 Å². The second kappa shape index (κ2) is 7.63. The number of benzene rings is 1. The molecule has 1 atom stereocenters. The molecule has 1 aliphatic rings. The minimum Gasteiger partial charge on any atom is -0.490 e. The summed E-state index contributed by atoms with van der Waals surface area (Å²) in [5, 5.41) is 0. The van der Waals surface area contributed by atoms with Crippen LogP contribution >= 0.6 is 0 Å². The van der Waals surface area contributed by atoms with Gasteiger partial charge >= 0.3 is 0 Å². The second-order valence-electron chi connectivity index (χ2n) is 6.48. The van der Waals surface area contributed by atoms with Gasteiger partial charge in [-0.1, -0.05) is 12.1 Å². The van der Waals surface area contributed by atoms with E-state index in [9.17, 15) is 4.79 Å². The number of hydrogen-bond donors (Lipinski definition) is 1. The van der Waals surface area contributed by atoms with Gasteiger partial charge in [-0.25, -0.2) is 0 Å². The van der Waals surface area contributed by atoms with Crippen LogP contribution in [0.5, 0.6) is 5.75 Å². The van der Waals surface area contributed by atoms with Crippen LogP contribution in [0.3, 0.4) is 0 Å². The summed E-state index contributed by atoms with van der Waals surface area (Å²) in [6.45, 7) is 7.66. The number of amides is 1. The highest BCUT2D eigenvalue weighted by Gasteiger charge is 2.24. The van der Waals surface area contributed by atoms with Gasteiger partial charge in [0.15, 0.2) is 0 Å². The number of piperidine rings is 1. The average molecular weight is 304 g/mol. The van der Waals surface area contributed by atoms with Crippen LogP contribution in [0.2, 0.25) is 0 Å². The fraction of sp³-hybridized carbons (Fsp3) is 0.611. The van der Waals surface area contributed by atoms with Gasteiger partial charge in [-0.3, -0.25) is 4.79 Å². The van der Waals surface area contributed by atoms with Crippen molar-refractivity contribution in [1.29, 1.82) is 0 Å². The molecule has 0 saturated carbocycles. The summed E-state index contributed by atoms with van der Waals surface area (Å²) in [4.78, 5) is 14.0. The summed E-state index contributed by atoms with van der Waals surface area (Å²) in [6, 6.07) is 6.38. The van der Waals surface area contributed by atoms with E-state index in [0.29, 0.717) is 6.42 Å². The summed E-state index contributed by atoms with van der Waals surface area (Å²) in [5.74, 6) is 1.20. The number of aryl methyl sites for hydroxylation is 2. The maximum absolute atomic E-state index is 12.1. The third-order valence-corrected chi connectivity index (χ3v) is 4.25. The molecular weight excluding hydrogens is 276 g/mol. The molecule has 0 aromatic heterocycles. The van der Waals surface area contributed by atoms with Crippen molar-refractivity contribution in [2.75, 3.05) is 13.1 Å². The van der Waals surface area contributed by atoms with Crippen LogP contribution in [-0.4, -0.2) is 36.0 Å². The molecule has 0 aliphatic carbocycles. The van der Waals surface area contributed by atoms with E-state index < -0.39 is 0 Å². The van der Waals surface area contributed by atoms with E-state index in [2.05, 4.69) is 32.0 Å². The van der Waals surface area contributed by atoms with Crippen molar-refractivity contribution in [3.05, 3.63) is 29.3 Å². The van der Waals surface area contributed by atoms with Crippen LogP contribution in [0, 0.1) is 13.8 Å². The summed E-state index contributed by atoms with van der Waals surface area (Å²) in [7, 11) is 0. The third kappa shape index (κ3) is 4.73. The van der Waals surface area contributed by atoms with Crippen molar-refractivity contribution in [1.82, 2.24) is 4.90 Å². The number of rotatable bonds is 5. The molecule has 1 fully saturated rings. The fourth-order valence-electron chi connectivity index (χ4n) is 2.75. The first-order valence-electron chi connectivity index (χ1n) is 8.23. The van der Waals surface area contributed by atoms with E-state index >= 15 is 0 Å². The van der Waals surface area contributed by atoms with Gasteiger partial charge in [0.05, 0.1) is 0 Å². The molecule has 0 bridgehead atoms. The molecule has 2 rings (SSSR count). The molecule has 122 valence electrons. The lowest BCUT2D eigenvalue weighted by molar-refractivity contribution is -0.133. The second-order valence-corrected chi connectivity index (χ2v) is 6.48. The normalized spacial score (nSPS) is 17.4. The lowest BCUT2D eigenvalue weighted by atomic mass is 10.1. The fourth-order valence-corrected chi connectivity index (χ4v) is 2.75. The molecule has 1 amide bonds. The van der Waals surface area contributed by atoms with E-state index in [-0.39, 0.29) is 18.1 Å². The number of likely N-dealkylation sites (tertiary alicyclic amines) is 1. The van der Waals surface area contributed by atoms with Crippen LogP contribution < -0.4 is 10.5 Å². The van der Waals surface area contributed by atoms with Crippen molar-refractivity contribution < 1.29 is 9.53 Å². The van der Waals surface area contributed by atoms with Crippen LogP contribution in [0.15, 0.2) is 18.2 Å². The monoisotopic (exact) mass is 304 g/mol. The minimum absolute atomic E-state index is 0.0918. The van der Waals surface area contributed by atoms with E-state index in [0.717, 1.165) is 38.1 Å². The molecule has 1 unspecified atom stereocenters. The van der Waals surface area contributed by atoms with Crippen LogP contribution in [0.25, 0.3) is 0 Å². The molecule has 4 nitrogen and oxygen atoms in total. The molecular formula is C18H28N2O2. The summed E-state index contributed by atoms with van der Waals surface area (Å²) < 4.78 is 6.14. The van der Waals surface area contributed by atoms with Crippen molar-refractivity contribution in [3.63, 3.8) is 0 Å². The quantitative estimate of drug-likeness (QED) is 0.910. The Balaban J connectivity index is 1.82. The zero-order valence-electron chi connectivity index (χ0n) is 14.0. The maximum Gasteiger partial charge on any atom is 0.222 e. The van der Waals surface area contributed by atoms with Crippen molar-refractivity contribution in [2.45, 2.75) is 58.6 Å². The summed E-state index contributed by atoms with van der Waals surface area (Å²) in [6.07, 6.45) is 3.32. The van der Waals surface area contributed by atoms with Crippen LogP contribution in [0.1, 0.15) is 43.7 Å². The Morgan fingerprint density at radius 1 is 1.36 bits per heavy atom. The Morgan fingerprint density at radius 2 is 2.05 bits per heavy atom. The number of nitrogens with zero attached hydrogens (tertiary/aromatic N) is 1. The Bertz CT molecular complexity index is 506. The standard InChI is InChI=1S/C18H28N2O2/c1-13-4-5-14(2)17(12-13)22-16-8-10-20(11-9-16)18(21)7-6-15(3)19/h4-5,12,15-16H,6-11,19H2,1-3H3. The Kier molecular flexibility index (Phi) is 5.83. The maximum atomic E-state index is 12.1. The zero-order chi connectivity index (χ0) is 16.1. The van der Waals surface area contributed by atoms with Gasteiger partial charge in [0.2, 0.25) is 5.91 Å². The van der Waals surface area contributed by atoms with Gasteiger partial charge in [0.25, 0.3) is 0 Å².